The first-order valence-corrected chi connectivity index (χ1v) is 4.95. The zero-order valence-corrected chi connectivity index (χ0v) is 8.03. The van der Waals surface area contributed by atoms with Gasteiger partial charge in [-0.3, -0.25) is 4.98 Å². The number of hydrogen-bond acceptors (Lipinski definition) is 2. The van der Waals surface area contributed by atoms with Gasteiger partial charge in [-0.2, -0.15) is 0 Å². The first-order valence-electron chi connectivity index (χ1n) is 4.95. The molecule has 0 bridgehead atoms. The Balaban J connectivity index is 2.29. The lowest BCUT2D eigenvalue weighted by atomic mass is 9.91. The van der Waals surface area contributed by atoms with Gasteiger partial charge in [0.1, 0.15) is 0 Å². The summed E-state index contributed by atoms with van der Waals surface area (Å²) in [5.74, 6) is 1.41. The lowest BCUT2D eigenvalue weighted by Crippen LogP contribution is -2.10. The number of nitrogens with zero attached hydrogens (tertiary/aromatic N) is 1. The van der Waals surface area contributed by atoms with Crippen molar-refractivity contribution in [2.75, 3.05) is 6.54 Å². The highest BCUT2D eigenvalue weighted by molar-refractivity contribution is 5.33. The number of aromatic nitrogens is 1. The van der Waals surface area contributed by atoms with Crippen molar-refractivity contribution in [3.8, 4) is 0 Å². The van der Waals surface area contributed by atoms with E-state index in [1.54, 1.807) is 0 Å². The van der Waals surface area contributed by atoms with Crippen LogP contribution < -0.4 is 5.73 Å². The molecule has 70 valence electrons. The van der Waals surface area contributed by atoms with E-state index in [1.807, 2.05) is 12.4 Å². The Hall–Kier alpha value is -0.890. The van der Waals surface area contributed by atoms with Crippen molar-refractivity contribution in [2.45, 2.75) is 25.7 Å². The second-order valence-electron chi connectivity index (χ2n) is 3.94. The Morgan fingerprint density at radius 2 is 2.46 bits per heavy atom. The van der Waals surface area contributed by atoms with Crippen molar-refractivity contribution < 1.29 is 0 Å². The highest BCUT2D eigenvalue weighted by Crippen LogP contribution is 2.38. The zero-order valence-electron chi connectivity index (χ0n) is 8.03. The second kappa shape index (κ2) is 3.46. The minimum Gasteiger partial charge on any atom is -0.330 e. The molecular formula is C11H16N2. The van der Waals surface area contributed by atoms with Gasteiger partial charge < -0.3 is 5.73 Å². The molecule has 0 radical (unpaired) electrons. The van der Waals surface area contributed by atoms with Crippen LogP contribution in [0.15, 0.2) is 18.5 Å². The smallest absolute Gasteiger partial charge is 0.0302 e. The van der Waals surface area contributed by atoms with E-state index >= 15 is 0 Å². The molecule has 0 fully saturated rings. The van der Waals surface area contributed by atoms with E-state index < -0.39 is 0 Å². The van der Waals surface area contributed by atoms with Crippen molar-refractivity contribution in [2.24, 2.45) is 11.7 Å². The van der Waals surface area contributed by atoms with Gasteiger partial charge in [0, 0.05) is 12.4 Å². The lowest BCUT2D eigenvalue weighted by molar-refractivity contribution is 0.475. The van der Waals surface area contributed by atoms with Gasteiger partial charge >= 0.3 is 0 Å². The number of fused-ring (bicyclic) bond motifs is 1. The van der Waals surface area contributed by atoms with Crippen molar-refractivity contribution in [1.29, 1.82) is 0 Å². The van der Waals surface area contributed by atoms with Gasteiger partial charge in [0.15, 0.2) is 0 Å². The van der Waals surface area contributed by atoms with Crippen molar-refractivity contribution in [3.63, 3.8) is 0 Å². The summed E-state index contributed by atoms with van der Waals surface area (Å²) >= 11 is 0. The van der Waals surface area contributed by atoms with E-state index in [9.17, 15) is 0 Å². The van der Waals surface area contributed by atoms with E-state index in [4.69, 9.17) is 5.73 Å². The Labute approximate surface area is 79.2 Å². The maximum atomic E-state index is 5.61. The van der Waals surface area contributed by atoms with Crippen LogP contribution in [-0.2, 0) is 6.42 Å². The van der Waals surface area contributed by atoms with Crippen LogP contribution in [0.3, 0.4) is 0 Å². The molecule has 1 aromatic rings. The predicted molar refractivity (Wildman–Crippen MR) is 53.5 cm³/mol. The Morgan fingerprint density at radius 3 is 3.23 bits per heavy atom. The number of nitrogens with two attached hydrogens (primary N) is 1. The van der Waals surface area contributed by atoms with Crippen LogP contribution in [0.1, 0.15) is 30.4 Å². The molecule has 0 saturated carbocycles. The third-order valence-electron chi connectivity index (χ3n) is 3.05. The Morgan fingerprint density at radius 1 is 1.62 bits per heavy atom. The molecule has 2 rings (SSSR count). The van der Waals surface area contributed by atoms with Gasteiger partial charge in [-0.25, -0.2) is 0 Å². The summed E-state index contributed by atoms with van der Waals surface area (Å²) in [6, 6.07) is 2.15. The molecule has 2 N–H and O–H groups in total. The standard InChI is InChI=1S/C11H16N2/c1-8-6-9-7-13-5-3-11(9)10(8)2-4-12/h3,5,7-8,10H,2,4,6,12H2,1H3. The van der Waals surface area contributed by atoms with Gasteiger partial charge in [0.2, 0.25) is 0 Å². The fourth-order valence-corrected chi connectivity index (χ4v) is 2.39. The molecule has 2 atom stereocenters. The summed E-state index contributed by atoms with van der Waals surface area (Å²) < 4.78 is 0. The van der Waals surface area contributed by atoms with E-state index in [0.29, 0.717) is 5.92 Å². The normalized spacial score (nSPS) is 26.0. The quantitative estimate of drug-likeness (QED) is 0.745. The molecule has 2 unspecified atom stereocenters. The number of hydrogen-bond donors (Lipinski definition) is 1. The van der Waals surface area contributed by atoms with E-state index in [1.165, 1.54) is 17.5 Å². The molecule has 1 aromatic heterocycles. The van der Waals surface area contributed by atoms with Crippen LogP contribution in [0.2, 0.25) is 0 Å². The average Bonchev–Trinajstić information content (AvgIpc) is 2.44. The Bertz CT molecular complexity index is 296. The van der Waals surface area contributed by atoms with Gasteiger partial charge in [0.25, 0.3) is 0 Å². The topological polar surface area (TPSA) is 38.9 Å². The lowest BCUT2D eigenvalue weighted by Gasteiger charge is -2.14. The molecular weight excluding hydrogens is 160 g/mol. The molecule has 1 heterocycles. The van der Waals surface area contributed by atoms with Gasteiger partial charge in [0.05, 0.1) is 0 Å². The summed E-state index contributed by atoms with van der Waals surface area (Å²) in [5.41, 5.74) is 8.52. The molecule has 0 spiro atoms. The third kappa shape index (κ3) is 1.46. The highest BCUT2D eigenvalue weighted by atomic mass is 14.6. The van der Waals surface area contributed by atoms with Crippen molar-refractivity contribution >= 4 is 0 Å². The first kappa shape index (κ1) is 8.70. The molecule has 2 nitrogen and oxygen atoms in total. The van der Waals surface area contributed by atoms with Crippen LogP contribution in [0.4, 0.5) is 0 Å². The maximum Gasteiger partial charge on any atom is 0.0302 e. The minimum atomic E-state index is 0.669. The fraction of sp³-hybridized carbons (Fsp3) is 0.545. The van der Waals surface area contributed by atoms with Crippen LogP contribution in [0.25, 0.3) is 0 Å². The summed E-state index contributed by atoms with van der Waals surface area (Å²) in [6.07, 6.45) is 6.18. The maximum absolute atomic E-state index is 5.61. The minimum absolute atomic E-state index is 0.669. The summed E-state index contributed by atoms with van der Waals surface area (Å²) in [5, 5.41) is 0. The molecule has 0 aliphatic heterocycles. The van der Waals surface area contributed by atoms with E-state index in [-0.39, 0.29) is 0 Å². The zero-order chi connectivity index (χ0) is 9.26. The monoisotopic (exact) mass is 176 g/mol. The van der Waals surface area contributed by atoms with Gasteiger partial charge in [-0.05, 0) is 48.4 Å². The van der Waals surface area contributed by atoms with Crippen LogP contribution >= 0.6 is 0 Å². The summed E-state index contributed by atoms with van der Waals surface area (Å²) in [4.78, 5) is 4.15. The van der Waals surface area contributed by atoms with Gasteiger partial charge in [-0.1, -0.05) is 6.92 Å². The van der Waals surface area contributed by atoms with E-state index in [2.05, 4.69) is 18.0 Å². The molecule has 0 aromatic carbocycles. The molecule has 0 saturated heterocycles. The number of pyridine rings is 1. The second-order valence-corrected chi connectivity index (χ2v) is 3.94. The SMILES string of the molecule is CC1Cc2cnccc2C1CCN. The van der Waals surface area contributed by atoms with Crippen LogP contribution in [0.5, 0.6) is 0 Å². The molecule has 0 amide bonds. The van der Waals surface area contributed by atoms with Crippen molar-refractivity contribution in [3.05, 3.63) is 29.6 Å². The average molecular weight is 176 g/mol. The Kier molecular flexibility index (Phi) is 2.32. The van der Waals surface area contributed by atoms with E-state index in [0.717, 1.165) is 18.9 Å². The van der Waals surface area contributed by atoms with Gasteiger partial charge in [-0.15, -0.1) is 0 Å². The first-order chi connectivity index (χ1) is 6.33. The van der Waals surface area contributed by atoms with Crippen LogP contribution in [-0.4, -0.2) is 11.5 Å². The fourth-order valence-electron chi connectivity index (χ4n) is 2.39. The summed E-state index contributed by atoms with van der Waals surface area (Å²) in [7, 11) is 0. The third-order valence-corrected chi connectivity index (χ3v) is 3.05. The molecule has 2 heteroatoms. The summed E-state index contributed by atoms with van der Waals surface area (Å²) in [6.45, 7) is 3.09. The van der Waals surface area contributed by atoms with Crippen molar-refractivity contribution in [1.82, 2.24) is 4.98 Å². The highest BCUT2D eigenvalue weighted by Gasteiger charge is 2.28. The number of rotatable bonds is 2. The molecule has 1 aliphatic carbocycles. The predicted octanol–water partition coefficient (Wildman–Crippen LogP) is 1.71. The molecule has 13 heavy (non-hydrogen) atoms. The largest absolute Gasteiger partial charge is 0.330 e. The molecule has 1 aliphatic rings. The van der Waals surface area contributed by atoms with Crippen LogP contribution in [0, 0.1) is 5.92 Å².